The van der Waals surface area contributed by atoms with Gasteiger partial charge >= 0.3 is 11.9 Å². The lowest BCUT2D eigenvalue weighted by Gasteiger charge is -2.15. The van der Waals surface area contributed by atoms with Gasteiger partial charge in [0, 0.05) is 0 Å². The summed E-state index contributed by atoms with van der Waals surface area (Å²) in [6.07, 6.45) is 21.6. The van der Waals surface area contributed by atoms with Crippen LogP contribution in [0.2, 0.25) is 0 Å². The van der Waals surface area contributed by atoms with E-state index >= 15 is 0 Å². The molecule has 0 saturated heterocycles. The van der Waals surface area contributed by atoms with Gasteiger partial charge in [0.1, 0.15) is 6.04 Å². The zero-order valence-electron chi connectivity index (χ0n) is 19.1. The van der Waals surface area contributed by atoms with Crippen molar-refractivity contribution in [1.29, 1.82) is 0 Å². The van der Waals surface area contributed by atoms with Crippen molar-refractivity contribution in [2.45, 2.75) is 142 Å². The molecule has 5 heteroatoms. The van der Waals surface area contributed by atoms with Gasteiger partial charge in [-0.15, -0.1) is 0 Å². The van der Waals surface area contributed by atoms with Gasteiger partial charge in [-0.25, -0.2) is 0 Å². The average molecular weight is 414 g/mol. The van der Waals surface area contributed by atoms with Gasteiger partial charge in [0.05, 0.1) is 12.5 Å². The predicted octanol–water partition coefficient (Wildman–Crippen LogP) is 6.37. The first kappa shape index (κ1) is 27.9. The molecule has 3 N–H and O–H groups in total. The molecule has 0 radical (unpaired) electrons. The zero-order valence-corrected chi connectivity index (χ0v) is 19.1. The number of rotatable bonds is 21. The standard InChI is InChI=1S/C24H47NO4/c1-3-4-5-6-7-8-9-10-11-12-13-14-15-16-17-18-19-21(2)29-24(28)22(25)20-23(26)27/h21-22H,3-20,25H2,1-2H3,(H,26,27)/t21?,22-/m0/s1. The Bertz CT molecular complexity index is 400. The van der Waals surface area contributed by atoms with E-state index in [4.69, 9.17) is 15.6 Å². The summed E-state index contributed by atoms with van der Waals surface area (Å²) in [7, 11) is 0. The lowest BCUT2D eigenvalue weighted by Crippen LogP contribution is -2.36. The molecule has 0 aromatic heterocycles. The van der Waals surface area contributed by atoms with Crippen molar-refractivity contribution < 1.29 is 19.4 Å². The van der Waals surface area contributed by atoms with Gasteiger partial charge < -0.3 is 15.6 Å². The molecule has 0 spiro atoms. The Labute approximate surface area is 179 Å². The van der Waals surface area contributed by atoms with E-state index in [-0.39, 0.29) is 12.5 Å². The van der Waals surface area contributed by atoms with Crippen molar-refractivity contribution in [3.63, 3.8) is 0 Å². The van der Waals surface area contributed by atoms with Crippen LogP contribution in [0.25, 0.3) is 0 Å². The maximum atomic E-state index is 11.7. The van der Waals surface area contributed by atoms with Crippen LogP contribution < -0.4 is 5.73 Å². The van der Waals surface area contributed by atoms with Crippen LogP contribution in [0.3, 0.4) is 0 Å². The van der Waals surface area contributed by atoms with Crippen molar-refractivity contribution in [3.8, 4) is 0 Å². The van der Waals surface area contributed by atoms with Crippen molar-refractivity contribution in [2.75, 3.05) is 0 Å². The summed E-state index contributed by atoms with van der Waals surface area (Å²) in [6.45, 7) is 4.11. The molecule has 172 valence electrons. The smallest absolute Gasteiger partial charge is 0.323 e. The molecule has 0 fully saturated rings. The minimum atomic E-state index is -1.08. The summed E-state index contributed by atoms with van der Waals surface area (Å²) < 4.78 is 5.21. The number of esters is 1. The second-order valence-electron chi connectivity index (χ2n) is 8.54. The highest BCUT2D eigenvalue weighted by molar-refractivity contribution is 5.81. The zero-order chi connectivity index (χ0) is 21.7. The van der Waals surface area contributed by atoms with Gasteiger partial charge in [-0.1, -0.05) is 103 Å². The molecular weight excluding hydrogens is 366 g/mol. The number of hydrogen-bond acceptors (Lipinski definition) is 4. The van der Waals surface area contributed by atoms with Crippen molar-refractivity contribution >= 4 is 11.9 Å². The molecule has 2 atom stereocenters. The second-order valence-corrected chi connectivity index (χ2v) is 8.54. The van der Waals surface area contributed by atoms with E-state index in [1.54, 1.807) is 0 Å². The van der Waals surface area contributed by atoms with Crippen LogP contribution in [0.5, 0.6) is 0 Å². The summed E-state index contributed by atoms with van der Waals surface area (Å²) in [4.78, 5) is 22.2. The molecular formula is C24H47NO4. The van der Waals surface area contributed by atoms with Crippen LogP contribution in [0.1, 0.15) is 129 Å². The first-order valence-corrected chi connectivity index (χ1v) is 12.1. The summed E-state index contributed by atoms with van der Waals surface area (Å²) >= 11 is 0. The number of carboxylic acids is 1. The van der Waals surface area contributed by atoms with E-state index in [0.29, 0.717) is 0 Å². The summed E-state index contributed by atoms with van der Waals surface area (Å²) in [5, 5.41) is 8.64. The topological polar surface area (TPSA) is 89.6 Å². The normalized spacial score (nSPS) is 13.2. The Morgan fingerprint density at radius 1 is 0.759 bits per heavy atom. The van der Waals surface area contributed by atoms with Gasteiger partial charge in [0.2, 0.25) is 0 Å². The Morgan fingerprint density at radius 2 is 1.14 bits per heavy atom. The SMILES string of the molecule is CCCCCCCCCCCCCCCCCCC(C)OC(=O)[C@@H](N)CC(=O)O. The maximum absolute atomic E-state index is 11.7. The highest BCUT2D eigenvalue weighted by Gasteiger charge is 2.20. The van der Waals surface area contributed by atoms with Crippen molar-refractivity contribution in [3.05, 3.63) is 0 Å². The maximum Gasteiger partial charge on any atom is 0.323 e. The number of ether oxygens (including phenoxy) is 1. The van der Waals surface area contributed by atoms with Crippen LogP contribution >= 0.6 is 0 Å². The molecule has 0 aliphatic carbocycles. The number of aliphatic carboxylic acids is 1. The number of carboxylic acid groups (broad SMARTS) is 1. The number of nitrogens with two attached hydrogens (primary N) is 1. The highest BCUT2D eigenvalue weighted by atomic mass is 16.5. The lowest BCUT2D eigenvalue weighted by atomic mass is 10.0. The molecule has 0 heterocycles. The van der Waals surface area contributed by atoms with Crippen LogP contribution in [0.15, 0.2) is 0 Å². The third-order valence-electron chi connectivity index (χ3n) is 5.48. The Balaban J connectivity index is 3.32. The molecule has 0 aliphatic heterocycles. The minimum Gasteiger partial charge on any atom is -0.481 e. The van der Waals surface area contributed by atoms with E-state index in [2.05, 4.69) is 6.92 Å². The molecule has 0 aromatic rings. The first-order valence-electron chi connectivity index (χ1n) is 12.1. The van der Waals surface area contributed by atoms with E-state index in [9.17, 15) is 9.59 Å². The fourth-order valence-corrected chi connectivity index (χ4v) is 3.60. The molecule has 5 nitrogen and oxygen atoms in total. The molecule has 0 amide bonds. The molecule has 29 heavy (non-hydrogen) atoms. The number of unbranched alkanes of at least 4 members (excludes halogenated alkanes) is 15. The highest BCUT2D eigenvalue weighted by Crippen LogP contribution is 2.15. The summed E-state index contributed by atoms with van der Waals surface area (Å²) in [5.41, 5.74) is 5.50. The third kappa shape index (κ3) is 20.0. The fraction of sp³-hybridized carbons (Fsp3) is 0.917. The summed E-state index contributed by atoms with van der Waals surface area (Å²) in [5.74, 6) is -1.70. The van der Waals surface area contributed by atoms with Gasteiger partial charge in [-0.2, -0.15) is 0 Å². The number of carbonyl (C=O) groups is 2. The monoisotopic (exact) mass is 413 g/mol. The van der Waals surface area contributed by atoms with E-state index in [1.807, 2.05) is 6.92 Å². The second kappa shape index (κ2) is 20.2. The minimum absolute atomic E-state index is 0.200. The predicted molar refractivity (Wildman–Crippen MR) is 120 cm³/mol. The van der Waals surface area contributed by atoms with Crippen LogP contribution in [0, 0.1) is 0 Å². The fourth-order valence-electron chi connectivity index (χ4n) is 3.60. The molecule has 0 saturated carbocycles. The number of hydrogen-bond donors (Lipinski definition) is 2. The van der Waals surface area contributed by atoms with Gasteiger partial charge in [-0.05, 0) is 19.8 Å². The third-order valence-corrected chi connectivity index (χ3v) is 5.48. The van der Waals surface area contributed by atoms with Crippen molar-refractivity contribution in [2.24, 2.45) is 5.73 Å². The molecule has 0 aromatic carbocycles. The molecule has 0 rings (SSSR count). The average Bonchev–Trinajstić information content (AvgIpc) is 2.67. The Morgan fingerprint density at radius 3 is 1.52 bits per heavy atom. The van der Waals surface area contributed by atoms with Gasteiger partial charge in [0.15, 0.2) is 0 Å². The van der Waals surface area contributed by atoms with Crippen molar-refractivity contribution in [1.82, 2.24) is 0 Å². The molecule has 1 unspecified atom stereocenters. The van der Waals surface area contributed by atoms with Gasteiger partial charge in [0.25, 0.3) is 0 Å². The van der Waals surface area contributed by atoms with E-state index < -0.39 is 18.0 Å². The molecule has 0 bridgehead atoms. The van der Waals surface area contributed by atoms with Crippen LogP contribution in [-0.4, -0.2) is 29.2 Å². The van der Waals surface area contributed by atoms with Crippen LogP contribution in [-0.2, 0) is 14.3 Å². The Hall–Kier alpha value is -1.10. The largest absolute Gasteiger partial charge is 0.481 e. The Kier molecular flexibility index (Phi) is 19.4. The molecule has 0 aliphatic rings. The lowest BCUT2D eigenvalue weighted by molar-refractivity contribution is -0.153. The number of carbonyl (C=O) groups excluding carboxylic acids is 1. The van der Waals surface area contributed by atoms with Crippen LogP contribution in [0.4, 0.5) is 0 Å². The van der Waals surface area contributed by atoms with E-state index in [1.165, 1.54) is 89.9 Å². The van der Waals surface area contributed by atoms with E-state index in [0.717, 1.165) is 19.3 Å². The van der Waals surface area contributed by atoms with Gasteiger partial charge in [-0.3, -0.25) is 9.59 Å². The first-order chi connectivity index (χ1) is 14.0. The summed E-state index contributed by atoms with van der Waals surface area (Å²) in [6, 6.07) is -1.07. The quantitative estimate of drug-likeness (QED) is 0.168.